The summed E-state index contributed by atoms with van der Waals surface area (Å²) in [5, 5.41) is 4.09. The lowest BCUT2D eigenvalue weighted by atomic mass is 10.4. The van der Waals surface area contributed by atoms with Gasteiger partial charge in [0.1, 0.15) is 0 Å². The Balaban J connectivity index is 1.96. The number of hydrogen-bond donors (Lipinski definition) is 0. The van der Waals surface area contributed by atoms with Gasteiger partial charge in [0.25, 0.3) is 0 Å². The van der Waals surface area contributed by atoms with Crippen LogP contribution in [0.25, 0.3) is 0 Å². The van der Waals surface area contributed by atoms with Crippen LogP contribution >= 0.6 is 0 Å². The van der Waals surface area contributed by atoms with Crippen molar-refractivity contribution in [3.8, 4) is 0 Å². The minimum atomic E-state index is -3.75. The molecule has 0 fully saturated rings. The van der Waals surface area contributed by atoms with Gasteiger partial charge in [-0.05, 0) is 106 Å². The van der Waals surface area contributed by atoms with Gasteiger partial charge >= 0.3 is 43.0 Å². The summed E-state index contributed by atoms with van der Waals surface area (Å²) in [5.74, 6) is 0. The van der Waals surface area contributed by atoms with E-state index in [9.17, 15) is 0 Å². The zero-order valence-electron chi connectivity index (χ0n) is 34.4. The van der Waals surface area contributed by atoms with Gasteiger partial charge < -0.3 is 28.8 Å². The van der Waals surface area contributed by atoms with Crippen molar-refractivity contribution in [3.63, 3.8) is 0 Å². The molecule has 4 aromatic rings. The van der Waals surface area contributed by atoms with Gasteiger partial charge in [0.2, 0.25) is 0 Å². The maximum atomic E-state index is 7.74. The van der Waals surface area contributed by atoms with Crippen LogP contribution in [0, 0.1) is 0 Å². The predicted octanol–water partition coefficient (Wildman–Crippen LogP) is 8.09. The SMILES string of the molecule is C[Si](C)(C)O[Si](C)(C)O[Si](C)(O[Si](C)(C)O[Si](O[Si](C)(C)C)(c1ccccc1)c1ccccc1)O[Si](O[Si](C)(C)C)(c1ccccc1)c1ccccc1. The van der Waals surface area contributed by atoms with Gasteiger partial charge in [0.15, 0.2) is 25.0 Å². The lowest BCUT2D eigenvalue weighted by Gasteiger charge is -2.48. The molecule has 0 saturated carbocycles. The molecule has 0 N–H and O–H groups in total. The second kappa shape index (κ2) is 16.8. The van der Waals surface area contributed by atoms with Crippen molar-refractivity contribution >= 4 is 88.7 Å². The highest BCUT2D eigenvalue weighted by Gasteiger charge is 2.59. The molecular weight excluding hydrogens is 793 g/mol. The molecule has 4 aromatic carbocycles. The summed E-state index contributed by atoms with van der Waals surface area (Å²) in [5.41, 5.74) is 0. The van der Waals surface area contributed by atoms with E-state index in [0.29, 0.717) is 0 Å². The lowest BCUT2D eigenvalue weighted by Crippen LogP contribution is -2.75. The van der Waals surface area contributed by atoms with E-state index in [-0.39, 0.29) is 0 Å². The molecule has 0 aliphatic heterocycles. The Kier molecular flexibility index (Phi) is 14.0. The molecule has 53 heavy (non-hydrogen) atoms. The minimum Gasteiger partial charge on any atom is -0.437 e. The monoisotopic (exact) mass is 854 g/mol. The Morgan fingerprint density at radius 3 is 0.774 bits per heavy atom. The van der Waals surface area contributed by atoms with Crippen molar-refractivity contribution in [2.75, 3.05) is 0 Å². The van der Waals surface area contributed by atoms with E-state index in [1.807, 2.05) is 30.8 Å². The Morgan fingerprint density at radius 2 is 0.509 bits per heavy atom. The van der Waals surface area contributed by atoms with E-state index in [1.165, 1.54) is 0 Å². The summed E-state index contributed by atoms with van der Waals surface area (Å²) in [4.78, 5) is 0. The molecule has 0 heterocycles. The topological polar surface area (TPSA) is 64.6 Å². The van der Waals surface area contributed by atoms with Crippen molar-refractivity contribution < 1.29 is 28.8 Å². The normalized spacial score (nSPS) is 14.9. The predicted molar refractivity (Wildman–Crippen MR) is 240 cm³/mol. The average Bonchev–Trinajstić information content (AvgIpc) is 3.02. The Morgan fingerprint density at radius 1 is 0.264 bits per heavy atom. The molecule has 15 heteroatoms. The van der Waals surface area contributed by atoms with Crippen molar-refractivity contribution in [2.45, 2.75) is 91.7 Å². The Labute approximate surface area is 328 Å². The van der Waals surface area contributed by atoms with Crippen LogP contribution in [-0.2, 0) is 28.8 Å². The first-order valence-electron chi connectivity index (χ1n) is 18.5. The second-order valence-corrected chi connectivity index (χ2v) is 47.9. The van der Waals surface area contributed by atoms with Gasteiger partial charge in [-0.3, -0.25) is 0 Å². The van der Waals surface area contributed by atoms with Gasteiger partial charge in [-0.1, -0.05) is 121 Å². The molecule has 0 saturated heterocycles. The molecule has 0 radical (unpaired) electrons. The summed E-state index contributed by atoms with van der Waals surface area (Å²) in [6.45, 7) is 30.4. The highest BCUT2D eigenvalue weighted by molar-refractivity contribution is 7.04. The van der Waals surface area contributed by atoms with Crippen LogP contribution in [-0.4, -0.2) is 68.0 Å². The highest BCUT2D eigenvalue weighted by atomic mass is 28.5. The van der Waals surface area contributed by atoms with Gasteiger partial charge in [-0.15, -0.1) is 0 Å². The fourth-order valence-corrected chi connectivity index (χ4v) is 42.2. The summed E-state index contributed by atoms with van der Waals surface area (Å²) in [6, 6.07) is 41.6. The van der Waals surface area contributed by atoms with Crippen molar-refractivity contribution in [3.05, 3.63) is 121 Å². The number of hydrogen-bond acceptors (Lipinski definition) is 7. The van der Waals surface area contributed by atoms with E-state index in [1.54, 1.807) is 0 Å². The Bertz CT molecular complexity index is 1650. The van der Waals surface area contributed by atoms with E-state index in [0.717, 1.165) is 20.7 Å². The van der Waals surface area contributed by atoms with Crippen molar-refractivity contribution in [1.29, 1.82) is 0 Å². The zero-order chi connectivity index (χ0) is 39.4. The largest absolute Gasteiger partial charge is 0.471 e. The Hall–Kier alpha value is -1.66. The van der Waals surface area contributed by atoms with Crippen LogP contribution < -0.4 is 20.7 Å². The molecule has 0 aliphatic carbocycles. The smallest absolute Gasteiger partial charge is 0.437 e. The van der Waals surface area contributed by atoms with Gasteiger partial charge in [-0.25, -0.2) is 0 Å². The van der Waals surface area contributed by atoms with Crippen LogP contribution in [0.2, 0.25) is 91.7 Å². The van der Waals surface area contributed by atoms with Gasteiger partial charge in [0.05, 0.1) is 0 Å². The third-order valence-corrected chi connectivity index (χ3v) is 36.3. The maximum Gasteiger partial charge on any atom is 0.471 e. The standard InChI is InChI=1S/C38H62O7Si8/c1-46(2,3)39-49(10,11)42-51(14,45-53(41-48(7,8)9,37-31-23-17-24-32-37)38-33-25-18-26-34-38)43-50(12,13)44-52(40-47(4,5)6,35-27-19-15-20-28-35)36-29-21-16-22-30-36/h15-34H,1-14H3. The highest BCUT2D eigenvalue weighted by Crippen LogP contribution is 2.32. The molecule has 0 aromatic heterocycles. The minimum absolute atomic E-state index is 1.00. The van der Waals surface area contributed by atoms with Crippen LogP contribution in [0.5, 0.6) is 0 Å². The van der Waals surface area contributed by atoms with Crippen molar-refractivity contribution in [2.24, 2.45) is 0 Å². The fourth-order valence-electron chi connectivity index (χ4n) is 6.68. The molecule has 0 aliphatic rings. The molecule has 0 spiro atoms. The first-order chi connectivity index (χ1) is 24.4. The molecular formula is C38H62O7Si8. The van der Waals surface area contributed by atoms with Crippen LogP contribution in [0.4, 0.5) is 0 Å². The third-order valence-electron chi connectivity index (χ3n) is 7.65. The second-order valence-electron chi connectivity index (χ2n) is 17.4. The summed E-state index contributed by atoms with van der Waals surface area (Å²) in [7, 11) is -23.2. The first kappa shape index (κ1) is 44.1. The van der Waals surface area contributed by atoms with E-state index < -0.39 is 68.0 Å². The molecule has 1 atom stereocenters. The van der Waals surface area contributed by atoms with E-state index in [2.05, 4.69) is 182 Å². The molecule has 288 valence electrons. The maximum absolute atomic E-state index is 7.74. The number of rotatable bonds is 18. The quantitative estimate of drug-likeness (QED) is 0.0939. The summed E-state index contributed by atoms with van der Waals surface area (Å²) in [6.07, 6.45) is 0. The molecule has 7 nitrogen and oxygen atoms in total. The summed E-state index contributed by atoms with van der Waals surface area (Å²) >= 11 is 0. The third kappa shape index (κ3) is 12.7. The van der Waals surface area contributed by atoms with Gasteiger partial charge in [0, 0.05) is 6.55 Å². The molecule has 0 bridgehead atoms. The number of benzene rings is 4. The zero-order valence-corrected chi connectivity index (χ0v) is 42.4. The first-order valence-corrected chi connectivity index (χ1v) is 40.2. The fraction of sp³-hybridized carbons (Fsp3) is 0.368. The molecule has 4 rings (SSSR count). The lowest BCUT2D eigenvalue weighted by molar-refractivity contribution is 0.200. The van der Waals surface area contributed by atoms with E-state index in [4.69, 9.17) is 28.8 Å². The molecule has 1 unspecified atom stereocenters. The molecule has 0 amide bonds. The average molecular weight is 856 g/mol. The summed E-state index contributed by atoms with van der Waals surface area (Å²) < 4.78 is 51.8. The van der Waals surface area contributed by atoms with Crippen LogP contribution in [0.1, 0.15) is 0 Å². The van der Waals surface area contributed by atoms with Crippen LogP contribution in [0.3, 0.4) is 0 Å². The van der Waals surface area contributed by atoms with Gasteiger partial charge in [-0.2, -0.15) is 0 Å². The van der Waals surface area contributed by atoms with Crippen molar-refractivity contribution in [1.82, 2.24) is 0 Å². The van der Waals surface area contributed by atoms with Crippen LogP contribution in [0.15, 0.2) is 121 Å². The van der Waals surface area contributed by atoms with E-state index >= 15 is 0 Å².